The van der Waals surface area contributed by atoms with Crippen LogP contribution >= 0.6 is 11.9 Å². The minimum atomic E-state index is -5.13. The molecule has 0 unspecified atom stereocenters. The summed E-state index contributed by atoms with van der Waals surface area (Å²) >= 11 is 1.66. The molecule has 1 N–H and O–H groups in total. The van der Waals surface area contributed by atoms with Gasteiger partial charge in [-0.1, -0.05) is 18.9 Å². The molecule has 1 atom stereocenters. The second-order valence-corrected chi connectivity index (χ2v) is 8.53. The summed E-state index contributed by atoms with van der Waals surface area (Å²) in [7, 11) is 1.51. The number of aromatic hydroxyl groups is 1. The van der Waals surface area contributed by atoms with E-state index >= 15 is 0 Å². The second kappa shape index (κ2) is 8.60. The lowest BCUT2D eigenvalue weighted by atomic mass is 10.0. The van der Waals surface area contributed by atoms with Crippen LogP contribution in [-0.4, -0.2) is 61.1 Å². The third-order valence-corrected chi connectivity index (χ3v) is 6.59. The minimum Gasteiger partial charge on any atom is -0.503 e. The molecule has 33 heavy (non-hydrogen) atoms. The zero-order valence-corrected chi connectivity index (χ0v) is 18.8. The van der Waals surface area contributed by atoms with Gasteiger partial charge in [-0.2, -0.15) is 23.3 Å². The molecule has 2 aromatic heterocycles. The molecule has 0 amide bonds. The van der Waals surface area contributed by atoms with E-state index in [1.807, 2.05) is 6.26 Å². The summed E-state index contributed by atoms with van der Waals surface area (Å²) in [6, 6.07) is 0.464. The molecule has 7 nitrogen and oxygen atoms in total. The van der Waals surface area contributed by atoms with Crippen molar-refractivity contribution in [2.45, 2.75) is 25.6 Å². The van der Waals surface area contributed by atoms with Gasteiger partial charge in [-0.3, -0.25) is 0 Å². The Balaban J connectivity index is 1.81. The highest BCUT2D eigenvalue weighted by atomic mass is 32.2. The molecule has 178 valence electrons. The van der Waals surface area contributed by atoms with Crippen molar-refractivity contribution in [3.63, 3.8) is 0 Å². The first-order chi connectivity index (χ1) is 15.6. The van der Waals surface area contributed by atoms with Crippen molar-refractivity contribution in [2.75, 3.05) is 30.8 Å². The van der Waals surface area contributed by atoms with Crippen LogP contribution < -0.4 is 4.90 Å². The van der Waals surface area contributed by atoms with Crippen LogP contribution in [0.25, 0.3) is 22.3 Å². The molecule has 3 aromatic rings. The monoisotopic (exact) mass is 488 g/mol. The molecule has 13 heteroatoms. The number of aryl methyl sites for hydroxylation is 1. The fourth-order valence-corrected chi connectivity index (χ4v) is 4.56. The number of piperazine rings is 1. The van der Waals surface area contributed by atoms with Gasteiger partial charge >= 0.3 is 6.18 Å². The van der Waals surface area contributed by atoms with Gasteiger partial charge in [-0.25, -0.2) is 22.8 Å². The van der Waals surface area contributed by atoms with Crippen molar-refractivity contribution in [2.24, 2.45) is 7.05 Å². The van der Waals surface area contributed by atoms with E-state index in [0.717, 1.165) is 19.5 Å². The van der Waals surface area contributed by atoms with Gasteiger partial charge in [0.2, 0.25) is 5.95 Å². The molecule has 3 heterocycles. The summed E-state index contributed by atoms with van der Waals surface area (Å²) in [6.45, 7) is 4.36. The molecule has 0 spiro atoms. The Morgan fingerprint density at radius 1 is 1.21 bits per heavy atom. The second-order valence-electron chi connectivity index (χ2n) is 7.65. The van der Waals surface area contributed by atoms with Crippen LogP contribution in [0.4, 0.5) is 27.9 Å². The van der Waals surface area contributed by atoms with Crippen molar-refractivity contribution in [3.8, 4) is 17.0 Å². The average molecular weight is 488 g/mol. The third-order valence-electron chi connectivity index (χ3n) is 5.74. The van der Waals surface area contributed by atoms with Crippen LogP contribution in [0, 0.1) is 11.6 Å². The SMILES string of the molecule is CC[C@@H]1CN(SC)CCN1c1ncc2c(-c3cc(C(F)(F)F)c(F)c(O)c3F)nn(C)c2n1. The molecule has 1 fully saturated rings. The van der Waals surface area contributed by atoms with Crippen LogP contribution in [-0.2, 0) is 13.2 Å². The fourth-order valence-electron chi connectivity index (χ4n) is 3.97. The summed E-state index contributed by atoms with van der Waals surface area (Å²) in [5.74, 6) is -4.89. The largest absolute Gasteiger partial charge is 0.503 e. The number of phenols is 1. The van der Waals surface area contributed by atoms with Gasteiger partial charge in [0.1, 0.15) is 5.69 Å². The average Bonchev–Trinajstić information content (AvgIpc) is 3.11. The molecular weight excluding hydrogens is 467 g/mol. The molecule has 0 saturated carbocycles. The molecule has 1 aliphatic heterocycles. The topological polar surface area (TPSA) is 70.3 Å². The van der Waals surface area contributed by atoms with Gasteiger partial charge in [-0.15, -0.1) is 0 Å². The first-order valence-electron chi connectivity index (χ1n) is 10.1. The van der Waals surface area contributed by atoms with E-state index in [-0.39, 0.29) is 22.8 Å². The van der Waals surface area contributed by atoms with Crippen molar-refractivity contribution in [3.05, 3.63) is 29.5 Å². The van der Waals surface area contributed by atoms with E-state index < -0.39 is 34.7 Å². The van der Waals surface area contributed by atoms with Gasteiger partial charge in [0.05, 0.1) is 10.9 Å². The maximum absolute atomic E-state index is 14.6. The predicted molar refractivity (Wildman–Crippen MR) is 115 cm³/mol. The first kappa shape index (κ1) is 23.5. The highest BCUT2D eigenvalue weighted by Gasteiger charge is 2.38. The van der Waals surface area contributed by atoms with E-state index in [9.17, 15) is 27.1 Å². The van der Waals surface area contributed by atoms with Crippen LogP contribution in [0.3, 0.4) is 0 Å². The maximum Gasteiger partial charge on any atom is 0.419 e. The smallest absolute Gasteiger partial charge is 0.419 e. The van der Waals surface area contributed by atoms with Crippen LogP contribution in [0.5, 0.6) is 5.75 Å². The highest BCUT2D eigenvalue weighted by molar-refractivity contribution is 7.96. The van der Waals surface area contributed by atoms with Crippen LogP contribution in [0.2, 0.25) is 0 Å². The number of hydrogen-bond acceptors (Lipinski definition) is 7. The van der Waals surface area contributed by atoms with Gasteiger partial charge in [0.25, 0.3) is 0 Å². The van der Waals surface area contributed by atoms with Gasteiger partial charge < -0.3 is 10.0 Å². The quantitative estimate of drug-likeness (QED) is 0.436. The Hall–Kier alpha value is -2.67. The van der Waals surface area contributed by atoms with Gasteiger partial charge in [0.15, 0.2) is 23.0 Å². The zero-order chi connectivity index (χ0) is 24.1. The van der Waals surface area contributed by atoms with Crippen molar-refractivity contribution in [1.29, 1.82) is 0 Å². The number of aromatic nitrogens is 4. The summed E-state index contributed by atoms with van der Waals surface area (Å²) in [4.78, 5) is 11.0. The molecule has 1 saturated heterocycles. The Labute approximate surface area is 190 Å². The van der Waals surface area contributed by atoms with Crippen molar-refractivity contribution >= 4 is 28.9 Å². The number of fused-ring (bicyclic) bond motifs is 1. The third kappa shape index (κ3) is 4.07. The van der Waals surface area contributed by atoms with Crippen molar-refractivity contribution in [1.82, 2.24) is 24.1 Å². The molecule has 1 aliphatic rings. The number of anilines is 1. The molecule has 4 rings (SSSR count). The normalized spacial score (nSPS) is 17.8. The van der Waals surface area contributed by atoms with Gasteiger partial charge in [0, 0.05) is 44.5 Å². The Kier molecular flexibility index (Phi) is 6.12. The van der Waals surface area contributed by atoms with Gasteiger partial charge in [-0.05, 0) is 18.7 Å². The van der Waals surface area contributed by atoms with Crippen molar-refractivity contribution < 1.29 is 27.1 Å². The summed E-state index contributed by atoms with van der Waals surface area (Å²) < 4.78 is 71.7. The number of rotatable bonds is 4. The predicted octanol–water partition coefficient (Wildman–Crippen LogP) is 4.21. The summed E-state index contributed by atoms with van der Waals surface area (Å²) in [5.41, 5.74) is -2.43. The minimum absolute atomic E-state index is 0.164. The molecule has 1 aromatic carbocycles. The Morgan fingerprint density at radius 2 is 1.94 bits per heavy atom. The lowest BCUT2D eigenvalue weighted by Gasteiger charge is -2.40. The van der Waals surface area contributed by atoms with E-state index in [0.29, 0.717) is 18.6 Å². The standard InChI is InChI=1S/C20H21F5N6OS/c1-4-10-9-30(33-3)5-6-31(10)19-26-8-12-16(28-29(2)18(12)27-19)11-7-13(20(23,24)25)15(22)17(32)14(11)21/h7-8,10,32H,4-6,9H2,1-3H3/t10-/m1/s1. The Morgan fingerprint density at radius 3 is 2.58 bits per heavy atom. The first-order valence-corrected chi connectivity index (χ1v) is 11.3. The number of phenolic OH excluding ortho intramolecular Hbond substituents is 1. The molecular formula is C20H21F5N6OS. The summed E-state index contributed by atoms with van der Waals surface area (Å²) in [5, 5.41) is 13.9. The fraction of sp³-hybridized carbons (Fsp3) is 0.450. The number of alkyl halides is 3. The van der Waals surface area contributed by atoms with E-state index in [1.54, 1.807) is 11.9 Å². The molecule has 0 radical (unpaired) electrons. The zero-order valence-electron chi connectivity index (χ0n) is 18.0. The van der Waals surface area contributed by atoms with E-state index in [4.69, 9.17) is 0 Å². The Bertz CT molecular complexity index is 1200. The number of benzene rings is 1. The molecule has 0 aliphatic carbocycles. The lowest BCUT2D eigenvalue weighted by Crippen LogP contribution is -2.51. The number of nitrogens with zero attached hydrogens (tertiary/aromatic N) is 6. The summed E-state index contributed by atoms with van der Waals surface area (Å²) in [6.07, 6.45) is -0.902. The lowest BCUT2D eigenvalue weighted by molar-refractivity contribution is -0.140. The number of halogens is 5. The van der Waals surface area contributed by atoms with E-state index in [1.165, 1.54) is 17.9 Å². The van der Waals surface area contributed by atoms with Crippen LogP contribution in [0.15, 0.2) is 12.3 Å². The number of hydrogen-bond donors (Lipinski definition) is 1. The van der Waals surface area contributed by atoms with Crippen LogP contribution in [0.1, 0.15) is 18.9 Å². The highest BCUT2D eigenvalue weighted by Crippen LogP contribution is 2.41. The van der Waals surface area contributed by atoms with E-state index in [2.05, 4.69) is 31.2 Å². The molecule has 0 bridgehead atoms. The maximum atomic E-state index is 14.6.